The molecule has 0 aromatic carbocycles. The molecule has 0 aliphatic heterocycles. The van der Waals surface area contributed by atoms with Crippen molar-refractivity contribution in [3.8, 4) is 5.75 Å². The van der Waals surface area contributed by atoms with Gasteiger partial charge in [0.05, 0.1) is 13.2 Å². The Morgan fingerprint density at radius 3 is 2.93 bits per heavy atom. The Bertz CT molecular complexity index is 307. The lowest BCUT2D eigenvalue weighted by atomic mass is 10.3. The lowest BCUT2D eigenvalue weighted by Gasteiger charge is -2.05. The Labute approximate surface area is 94.0 Å². The maximum absolute atomic E-state index is 11.6. The summed E-state index contributed by atoms with van der Waals surface area (Å²) < 4.78 is 10.4. The minimum atomic E-state index is -0.276. The SMILES string of the molecule is CCCCOC(=O)c1sccc1OCC. The third-order valence-electron chi connectivity index (χ3n) is 1.85. The van der Waals surface area contributed by atoms with Crippen molar-refractivity contribution in [2.45, 2.75) is 26.7 Å². The largest absolute Gasteiger partial charge is 0.492 e. The summed E-state index contributed by atoms with van der Waals surface area (Å²) in [6.45, 7) is 5.00. The lowest BCUT2D eigenvalue weighted by Crippen LogP contribution is -2.06. The van der Waals surface area contributed by atoms with E-state index >= 15 is 0 Å². The molecule has 1 heterocycles. The number of hydrogen-bond acceptors (Lipinski definition) is 4. The third kappa shape index (κ3) is 3.55. The van der Waals surface area contributed by atoms with Gasteiger partial charge in [0.15, 0.2) is 4.88 Å². The van der Waals surface area contributed by atoms with Crippen LogP contribution in [0.25, 0.3) is 0 Å². The summed E-state index contributed by atoms with van der Waals surface area (Å²) in [5, 5.41) is 1.83. The fourth-order valence-electron chi connectivity index (χ4n) is 1.09. The van der Waals surface area contributed by atoms with E-state index in [0.717, 1.165) is 12.8 Å². The van der Waals surface area contributed by atoms with Crippen LogP contribution in [0.15, 0.2) is 11.4 Å². The zero-order chi connectivity index (χ0) is 11.1. The molecule has 0 amide bonds. The quantitative estimate of drug-likeness (QED) is 0.554. The summed E-state index contributed by atoms with van der Waals surface area (Å²) in [6.07, 6.45) is 1.93. The molecule has 0 saturated carbocycles. The molecule has 0 fully saturated rings. The van der Waals surface area contributed by atoms with E-state index in [1.165, 1.54) is 11.3 Å². The first kappa shape index (κ1) is 12.0. The predicted molar refractivity (Wildman–Crippen MR) is 60.7 cm³/mol. The van der Waals surface area contributed by atoms with Gasteiger partial charge in [-0.25, -0.2) is 4.79 Å². The highest BCUT2D eigenvalue weighted by Gasteiger charge is 2.15. The van der Waals surface area contributed by atoms with E-state index in [9.17, 15) is 4.79 Å². The van der Waals surface area contributed by atoms with Crippen LogP contribution in [0.1, 0.15) is 36.4 Å². The molecule has 4 heteroatoms. The summed E-state index contributed by atoms with van der Waals surface area (Å²) in [4.78, 5) is 12.1. The monoisotopic (exact) mass is 228 g/mol. The molecule has 0 spiro atoms. The predicted octanol–water partition coefficient (Wildman–Crippen LogP) is 3.10. The lowest BCUT2D eigenvalue weighted by molar-refractivity contribution is 0.0501. The molecule has 0 bridgehead atoms. The van der Waals surface area contributed by atoms with Crippen LogP contribution in [-0.2, 0) is 4.74 Å². The number of rotatable bonds is 6. The van der Waals surface area contributed by atoms with Crippen LogP contribution >= 0.6 is 11.3 Å². The minimum absolute atomic E-state index is 0.276. The van der Waals surface area contributed by atoms with Crippen LogP contribution < -0.4 is 4.74 Å². The second-order valence-electron chi connectivity index (χ2n) is 3.04. The molecular formula is C11H16O3S. The second-order valence-corrected chi connectivity index (χ2v) is 3.95. The van der Waals surface area contributed by atoms with E-state index in [4.69, 9.17) is 9.47 Å². The van der Waals surface area contributed by atoms with Crippen molar-refractivity contribution in [3.05, 3.63) is 16.3 Å². The number of carbonyl (C=O) groups is 1. The van der Waals surface area contributed by atoms with Gasteiger partial charge in [-0.15, -0.1) is 11.3 Å². The molecule has 0 N–H and O–H groups in total. The summed E-state index contributed by atoms with van der Waals surface area (Å²) in [6, 6.07) is 1.80. The Balaban J connectivity index is 2.53. The van der Waals surface area contributed by atoms with Gasteiger partial charge >= 0.3 is 5.97 Å². The Morgan fingerprint density at radius 1 is 1.47 bits per heavy atom. The van der Waals surface area contributed by atoms with E-state index in [0.29, 0.717) is 23.8 Å². The number of carbonyl (C=O) groups excluding carboxylic acids is 1. The normalized spacial score (nSPS) is 10.0. The third-order valence-corrected chi connectivity index (χ3v) is 2.72. The van der Waals surface area contributed by atoms with Crippen LogP contribution in [0.2, 0.25) is 0 Å². The van der Waals surface area contributed by atoms with Gasteiger partial charge in [0.1, 0.15) is 5.75 Å². The maximum Gasteiger partial charge on any atom is 0.352 e. The molecule has 1 rings (SSSR count). The molecule has 0 aliphatic rings. The molecule has 84 valence electrons. The fraction of sp³-hybridized carbons (Fsp3) is 0.545. The van der Waals surface area contributed by atoms with Crippen molar-refractivity contribution in [2.75, 3.05) is 13.2 Å². The number of thiophene rings is 1. The number of hydrogen-bond donors (Lipinski definition) is 0. The zero-order valence-electron chi connectivity index (χ0n) is 9.12. The first-order chi connectivity index (χ1) is 7.29. The Hall–Kier alpha value is -1.03. The van der Waals surface area contributed by atoms with Gasteiger partial charge in [0.2, 0.25) is 0 Å². The highest BCUT2D eigenvalue weighted by molar-refractivity contribution is 7.12. The van der Waals surface area contributed by atoms with E-state index < -0.39 is 0 Å². The molecule has 0 radical (unpaired) electrons. The molecule has 0 atom stereocenters. The molecule has 1 aromatic heterocycles. The van der Waals surface area contributed by atoms with Gasteiger partial charge in [0, 0.05) is 0 Å². The van der Waals surface area contributed by atoms with E-state index in [2.05, 4.69) is 6.92 Å². The first-order valence-electron chi connectivity index (χ1n) is 5.17. The Morgan fingerprint density at radius 2 is 2.27 bits per heavy atom. The Kier molecular flexibility index (Phi) is 5.18. The van der Waals surface area contributed by atoms with Gasteiger partial charge < -0.3 is 9.47 Å². The topological polar surface area (TPSA) is 35.5 Å². The van der Waals surface area contributed by atoms with Crippen LogP contribution in [0.5, 0.6) is 5.75 Å². The van der Waals surface area contributed by atoms with Crippen LogP contribution in [0.4, 0.5) is 0 Å². The van der Waals surface area contributed by atoms with Crippen LogP contribution in [-0.4, -0.2) is 19.2 Å². The van der Waals surface area contributed by atoms with Gasteiger partial charge in [-0.2, -0.15) is 0 Å². The molecule has 3 nitrogen and oxygen atoms in total. The molecule has 0 saturated heterocycles. The van der Waals surface area contributed by atoms with Crippen molar-refractivity contribution in [1.82, 2.24) is 0 Å². The highest BCUT2D eigenvalue weighted by atomic mass is 32.1. The standard InChI is InChI=1S/C11H16O3S/c1-3-5-7-14-11(12)10-9(13-4-2)6-8-15-10/h6,8H,3-5,7H2,1-2H3. The zero-order valence-corrected chi connectivity index (χ0v) is 9.93. The molecule has 15 heavy (non-hydrogen) atoms. The van der Waals surface area contributed by atoms with Gasteiger partial charge in [-0.3, -0.25) is 0 Å². The van der Waals surface area contributed by atoms with Crippen molar-refractivity contribution in [2.24, 2.45) is 0 Å². The number of unbranched alkanes of at least 4 members (excludes halogenated alkanes) is 1. The van der Waals surface area contributed by atoms with Crippen LogP contribution in [0, 0.1) is 0 Å². The van der Waals surface area contributed by atoms with Crippen molar-refractivity contribution >= 4 is 17.3 Å². The van der Waals surface area contributed by atoms with Crippen molar-refractivity contribution < 1.29 is 14.3 Å². The van der Waals surface area contributed by atoms with Crippen molar-refractivity contribution in [3.63, 3.8) is 0 Å². The molecule has 1 aromatic rings. The summed E-state index contributed by atoms with van der Waals surface area (Å²) >= 11 is 1.36. The summed E-state index contributed by atoms with van der Waals surface area (Å²) in [5.41, 5.74) is 0. The van der Waals surface area contributed by atoms with E-state index in [1.807, 2.05) is 12.3 Å². The highest BCUT2D eigenvalue weighted by Crippen LogP contribution is 2.25. The van der Waals surface area contributed by atoms with E-state index in [1.54, 1.807) is 6.07 Å². The second kappa shape index (κ2) is 6.45. The molecular weight excluding hydrogens is 212 g/mol. The van der Waals surface area contributed by atoms with Gasteiger partial charge in [0.25, 0.3) is 0 Å². The fourth-order valence-corrected chi connectivity index (χ4v) is 1.82. The van der Waals surface area contributed by atoms with E-state index in [-0.39, 0.29) is 5.97 Å². The number of esters is 1. The summed E-state index contributed by atoms with van der Waals surface area (Å²) in [7, 11) is 0. The van der Waals surface area contributed by atoms with Gasteiger partial charge in [-0.1, -0.05) is 13.3 Å². The van der Waals surface area contributed by atoms with Gasteiger partial charge in [-0.05, 0) is 24.8 Å². The smallest absolute Gasteiger partial charge is 0.352 e. The average molecular weight is 228 g/mol. The van der Waals surface area contributed by atoms with Crippen LogP contribution in [0.3, 0.4) is 0 Å². The average Bonchev–Trinajstić information content (AvgIpc) is 2.67. The maximum atomic E-state index is 11.6. The van der Waals surface area contributed by atoms with Crippen molar-refractivity contribution in [1.29, 1.82) is 0 Å². The number of ether oxygens (including phenoxy) is 2. The molecule has 0 unspecified atom stereocenters. The molecule has 0 aliphatic carbocycles. The minimum Gasteiger partial charge on any atom is -0.492 e. The first-order valence-corrected chi connectivity index (χ1v) is 6.05. The summed E-state index contributed by atoms with van der Waals surface area (Å²) in [5.74, 6) is 0.353.